The quantitative estimate of drug-likeness (QED) is 0.223. The normalized spacial score (nSPS) is 12.0. The van der Waals surface area contributed by atoms with Crippen molar-refractivity contribution in [2.75, 3.05) is 40.4 Å². The highest BCUT2D eigenvalue weighted by atomic mass is 127. The largest absolute Gasteiger partial charge is 0.382 e. The maximum atomic E-state index is 12.1. The first-order valence-electron chi connectivity index (χ1n) is 8.53. The lowest BCUT2D eigenvalue weighted by Crippen LogP contribution is -2.38. The molecule has 9 heteroatoms. The van der Waals surface area contributed by atoms with Gasteiger partial charge in [0.05, 0.1) is 11.4 Å². The SMILES string of the molecule is CCNC(=NCc1ccc(S(=O)(=O)N(C)C)cc1)NCCCOCC.I. The lowest BCUT2D eigenvalue weighted by atomic mass is 10.2. The van der Waals surface area contributed by atoms with Crippen LogP contribution in [0, 0.1) is 0 Å². The smallest absolute Gasteiger partial charge is 0.242 e. The minimum absolute atomic E-state index is 0. The van der Waals surface area contributed by atoms with Crippen LogP contribution < -0.4 is 10.6 Å². The minimum Gasteiger partial charge on any atom is -0.382 e. The number of hydrogen-bond acceptors (Lipinski definition) is 4. The average Bonchev–Trinajstić information content (AvgIpc) is 2.59. The Labute approximate surface area is 174 Å². The predicted molar refractivity (Wildman–Crippen MR) is 117 cm³/mol. The Bertz CT molecular complexity index is 634. The first-order valence-corrected chi connectivity index (χ1v) is 9.97. The summed E-state index contributed by atoms with van der Waals surface area (Å²) >= 11 is 0. The molecule has 1 aromatic rings. The number of nitrogens with one attached hydrogen (secondary N) is 2. The van der Waals surface area contributed by atoms with E-state index in [4.69, 9.17) is 4.74 Å². The van der Waals surface area contributed by atoms with Gasteiger partial charge >= 0.3 is 0 Å². The van der Waals surface area contributed by atoms with Gasteiger partial charge in [0.1, 0.15) is 0 Å². The van der Waals surface area contributed by atoms with Crippen LogP contribution in [0.4, 0.5) is 0 Å². The van der Waals surface area contributed by atoms with Gasteiger partial charge in [0.15, 0.2) is 5.96 Å². The number of benzene rings is 1. The summed E-state index contributed by atoms with van der Waals surface area (Å²) in [4.78, 5) is 4.81. The first kappa shape index (κ1) is 25.1. The number of sulfonamides is 1. The van der Waals surface area contributed by atoms with Gasteiger partial charge < -0.3 is 15.4 Å². The summed E-state index contributed by atoms with van der Waals surface area (Å²) in [6.07, 6.45) is 0.912. The molecular formula is C17H31IN4O3S. The van der Waals surface area contributed by atoms with Gasteiger partial charge in [0.25, 0.3) is 0 Å². The van der Waals surface area contributed by atoms with Crippen LogP contribution in [-0.2, 0) is 21.3 Å². The molecule has 0 spiro atoms. The summed E-state index contributed by atoms with van der Waals surface area (Å²) in [5.41, 5.74) is 0.948. The molecule has 150 valence electrons. The summed E-state index contributed by atoms with van der Waals surface area (Å²) in [5, 5.41) is 6.45. The first-order chi connectivity index (χ1) is 11.9. The van der Waals surface area contributed by atoms with E-state index < -0.39 is 10.0 Å². The van der Waals surface area contributed by atoms with Crippen molar-refractivity contribution in [3.63, 3.8) is 0 Å². The highest BCUT2D eigenvalue weighted by Gasteiger charge is 2.16. The topological polar surface area (TPSA) is 83.0 Å². The molecule has 0 unspecified atom stereocenters. The van der Waals surface area contributed by atoms with Crippen molar-refractivity contribution in [3.8, 4) is 0 Å². The predicted octanol–water partition coefficient (Wildman–Crippen LogP) is 2.04. The number of ether oxygens (including phenoxy) is 1. The number of aliphatic imine (C=N–C) groups is 1. The average molecular weight is 498 g/mol. The molecule has 1 aromatic carbocycles. The fraction of sp³-hybridized carbons (Fsp3) is 0.588. The minimum atomic E-state index is -3.39. The summed E-state index contributed by atoms with van der Waals surface area (Å²) < 4.78 is 30.6. The Morgan fingerprint density at radius 1 is 1.15 bits per heavy atom. The van der Waals surface area contributed by atoms with Crippen molar-refractivity contribution in [2.45, 2.75) is 31.7 Å². The number of hydrogen-bond donors (Lipinski definition) is 2. The zero-order chi connectivity index (χ0) is 18.7. The molecule has 1 rings (SSSR count). The van der Waals surface area contributed by atoms with E-state index in [0.717, 1.165) is 44.2 Å². The maximum absolute atomic E-state index is 12.1. The van der Waals surface area contributed by atoms with Crippen molar-refractivity contribution in [1.29, 1.82) is 0 Å². The van der Waals surface area contributed by atoms with Gasteiger partial charge in [-0.25, -0.2) is 17.7 Å². The number of guanidine groups is 1. The molecule has 0 bridgehead atoms. The zero-order valence-corrected chi connectivity index (χ0v) is 19.1. The second-order valence-electron chi connectivity index (χ2n) is 5.60. The molecule has 7 nitrogen and oxygen atoms in total. The summed E-state index contributed by atoms with van der Waals surface area (Å²) in [5.74, 6) is 0.740. The van der Waals surface area contributed by atoms with E-state index in [1.165, 1.54) is 18.4 Å². The molecule has 0 aromatic heterocycles. The van der Waals surface area contributed by atoms with Crippen LogP contribution in [0.3, 0.4) is 0 Å². The third-order valence-electron chi connectivity index (χ3n) is 3.43. The van der Waals surface area contributed by atoms with Gasteiger partial charge in [-0.05, 0) is 38.0 Å². The van der Waals surface area contributed by atoms with E-state index in [9.17, 15) is 8.42 Å². The van der Waals surface area contributed by atoms with Crippen molar-refractivity contribution >= 4 is 40.0 Å². The summed E-state index contributed by atoms with van der Waals surface area (Å²) in [6, 6.07) is 6.81. The van der Waals surface area contributed by atoms with Crippen molar-refractivity contribution in [1.82, 2.24) is 14.9 Å². The van der Waals surface area contributed by atoms with E-state index in [0.29, 0.717) is 6.54 Å². The van der Waals surface area contributed by atoms with Crippen LogP contribution in [-0.4, -0.2) is 59.1 Å². The molecule has 2 N–H and O–H groups in total. The van der Waals surface area contributed by atoms with Gasteiger partial charge in [-0.2, -0.15) is 0 Å². The van der Waals surface area contributed by atoms with Crippen LogP contribution in [0.1, 0.15) is 25.8 Å². The highest BCUT2D eigenvalue weighted by Crippen LogP contribution is 2.14. The van der Waals surface area contributed by atoms with Crippen molar-refractivity contribution in [3.05, 3.63) is 29.8 Å². The molecule has 0 saturated carbocycles. The van der Waals surface area contributed by atoms with Crippen LogP contribution in [0.15, 0.2) is 34.2 Å². The maximum Gasteiger partial charge on any atom is 0.242 e. The summed E-state index contributed by atoms with van der Waals surface area (Å²) in [7, 11) is -0.350. The van der Waals surface area contributed by atoms with Gasteiger partial charge in [-0.15, -0.1) is 24.0 Å². The Morgan fingerprint density at radius 2 is 1.81 bits per heavy atom. The standard InChI is InChI=1S/C17H30N4O3S.HI/c1-5-18-17(19-12-7-13-24-6-2)20-14-15-8-10-16(11-9-15)25(22,23)21(3)4;/h8-11H,5-7,12-14H2,1-4H3,(H2,18,19,20);1H. The number of rotatable bonds is 10. The monoisotopic (exact) mass is 498 g/mol. The van der Waals surface area contributed by atoms with Crippen LogP contribution in [0.25, 0.3) is 0 Å². The van der Waals surface area contributed by atoms with E-state index in [2.05, 4.69) is 15.6 Å². The Kier molecular flexibility index (Phi) is 12.8. The highest BCUT2D eigenvalue weighted by molar-refractivity contribution is 14.0. The number of nitrogens with zero attached hydrogens (tertiary/aromatic N) is 2. The summed E-state index contributed by atoms with van der Waals surface area (Å²) in [6.45, 7) is 7.48. The molecule has 0 radical (unpaired) electrons. The van der Waals surface area contributed by atoms with Gasteiger partial charge in [-0.1, -0.05) is 12.1 Å². The zero-order valence-electron chi connectivity index (χ0n) is 16.0. The molecule has 26 heavy (non-hydrogen) atoms. The second-order valence-corrected chi connectivity index (χ2v) is 7.76. The molecule has 0 heterocycles. The lowest BCUT2D eigenvalue weighted by molar-refractivity contribution is 0.145. The third kappa shape index (κ3) is 8.65. The third-order valence-corrected chi connectivity index (χ3v) is 5.26. The van der Waals surface area contributed by atoms with Crippen LogP contribution in [0.2, 0.25) is 0 Å². The molecule has 0 aliphatic carbocycles. The van der Waals surface area contributed by atoms with E-state index >= 15 is 0 Å². The van der Waals surface area contributed by atoms with Gasteiger partial charge in [0, 0.05) is 40.4 Å². The molecule has 0 fully saturated rings. The Hall–Kier alpha value is -0.910. The van der Waals surface area contributed by atoms with Gasteiger partial charge in [-0.3, -0.25) is 0 Å². The fourth-order valence-electron chi connectivity index (χ4n) is 2.02. The number of halogens is 1. The lowest BCUT2D eigenvalue weighted by Gasteiger charge is -2.12. The Balaban J connectivity index is 0.00000625. The van der Waals surface area contributed by atoms with E-state index in [-0.39, 0.29) is 28.9 Å². The van der Waals surface area contributed by atoms with E-state index in [1.54, 1.807) is 24.3 Å². The molecule has 0 aliphatic rings. The van der Waals surface area contributed by atoms with Crippen molar-refractivity contribution < 1.29 is 13.2 Å². The fourth-order valence-corrected chi connectivity index (χ4v) is 2.92. The molecular weight excluding hydrogens is 467 g/mol. The van der Waals surface area contributed by atoms with E-state index in [1.807, 2.05) is 13.8 Å². The Morgan fingerprint density at radius 3 is 2.35 bits per heavy atom. The molecule has 0 saturated heterocycles. The molecule has 0 aliphatic heterocycles. The van der Waals surface area contributed by atoms with Crippen LogP contribution in [0.5, 0.6) is 0 Å². The van der Waals surface area contributed by atoms with Crippen LogP contribution >= 0.6 is 24.0 Å². The van der Waals surface area contributed by atoms with Gasteiger partial charge in [0.2, 0.25) is 10.0 Å². The second kappa shape index (κ2) is 13.3. The molecule has 0 amide bonds. The van der Waals surface area contributed by atoms with Crippen molar-refractivity contribution in [2.24, 2.45) is 4.99 Å². The molecule has 0 atom stereocenters.